The van der Waals surface area contributed by atoms with Crippen LogP contribution in [-0.2, 0) is 5.41 Å². The van der Waals surface area contributed by atoms with Gasteiger partial charge in [-0.1, -0.05) is 114 Å². The molecule has 4 nitrogen and oxygen atoms in total. The minimum atomic E-state index is -0.244. The summed E-state index contributed by atoms with van der Waals surface area (Å²) in [5, 5.41) is 0. The number of anilines is 2. The molecule has 0 bridgehead atoms. The van der Waals surface area contributed by atoms with E-state index in [4.69, 9.17) is 20.9 Å². The van der Waals surface area contributed by atoms with Gasteiger partial charge < -0.3 is 20.9 Å². The molecule has 0 unspecified atom stereocenters. The number of ether oxygens (including phenoxy) is 2. The Kier molecular flexibility index (Phi) is 9.51. The van der Waals surface area contributed by atoms with Gasteiger partial charge in [-0.05, 0) is 117 Å². The number of nitrogen functional groups attached to an aromatic ring is 2. The molecule has 0 aromatic heterocycles. The van der Waals surface area contributed by atoms with Crippen molar-refractivity contribution in [2.24, 2.45) is 0 Å². The van der Waals surface area contributed by atoms with Crippen molar-refractivity contribution in [2.75, 3.05) is 11.5 Å². The highest BCUT2D eigenvalue weighted by atomic mass is 16.5. The van der Waals surface area contributed by atoms with E-state index in [0.29, 0.717) is 0 Å². The fourth-order valence-corrected chi connectivity index (χ4v) is 6.17. The van der Waals surface area contributed by atoms with Crippen LogP contribution in [0.1, 0.15) is 75.6 Å². The Bertz CT molecular complexity index is 1880. The standard InChI is InChI=1S/C45H46N2O2/c1-29(2)41-27-35(15-25-43(41)48-39-21-11-33(12-22-39)31-7-17-37(46)18-8-31)45(5,6)36-16-26-44(42(28-36)30(3)4)49-40-23-13-34(14-24-40)32-9-19-38(47)20-10-32/h7-30H,46-47H2,1-6H3. The van der Waals surface area contributed by atoms with Crippen LogP contribution in [0.2, 0.25) is 0 Å². The van der Waals surface area contributed by atoms with Gasteiger partial charge in [0, 0.05) is 16.8 Å². The first-order valence-electron chi connectivity index (χ1n) is 17.0. The summed E-state index contributed by atoms with van der Waals surface area (Å²) in [4.78, 5) is 0. The molecule has 0 spiro atoms. The summed E-state index contributed by atoms with van der Waals surface area (Å²) in [6.45, 7) is 13.4. The van der Waals surface area contributed by atoms with Crippen LogP contribution in [0.15, 0.2) is 133 Å². The van der Waals surface area contributed by atoms with Crippen molar-refractivity contribution < 1.29 is 9.47 Å². The molecule has 0 saturated heterocycles. The van der Waals surface area contributed by atoms with Crippen molar-refractivity contribution in [3.05, 3.63) is 156 Å². The molecule has 0 amide bonds. The van der Waals surface area contributed by atoms with E-state index in [1.54, 1.807) is 0 Å². The lowest BCUT2D eigenvalue weighted by Gasteiger charge is -2.29. The van der Waals surface area contributed by atoms with Gasteiger partial charge in [-0.15, -0.1) is 0 Å². The molecule has 6 aromatic carbocycles. The van der Waals surface area contributed by atoms with E-state index < -0.39 is 0 Å². The van der Waals surface area contributed by atoms with E-state index in [0.717, 1.165) is 56.6 Å². The first-order valence-corrected chi connectivity index (χ1v) is 17.0. The molecule has 0 atom stereocenters. The summed E-state index contributed by atoms with van der Waals surface area (Å²) in [7, 11) is 0. The van der Waals surface area contributed by atoms with Crippen LogP contribution in [0.5, 0.6) is 23.0 Å². The Morgan fingerprint density at radius 1 is 0.429 bits per heavy atom. The molecule has 0 heterocycles. The molecule has 4 heteroatoms. The van der Waals surface area contributed by atoms with Gasteiger partial charge in [0.25, 0.3) is 0 Å². The van der Waals surface area contributed by atoms with Crippen LogP contribution in [0, 0.1) is 0 Å². The number of hydrogen-bond acceptors (Lipinski definition) is 4. The molecule has 6 rings (SSSR count). The predicted octanol–water partition coefficient (Wildman–Crippen LogP) is 12.3. The van der Waals surface area contributed by atoms with E-state index >= 15 is 0 Å². The van der Waals surface area contributed by atoms with Gasteiger partial charge in [-0.2, -0.15) is 0 Å². The van der Waals surface area contributed by atoms with Gasteiger partial charge in [-0.3, -0.25) is 0 Å². The van der Waals surface area contributed by atoms with Gasteiger partial charge in [-0.25, -0.2) is 0 Å². The van der Waals surface area contributed by atoms with Crippen LogP contribution in [-0.4, -0.2) is 0 Å². The van der Waals surface area contributed by atoms with Crippen LogP contribution in [0.3, 0.4) is 0 Å². The van der Waals surface area contributed by atoms with Crippen molar-refractivity contribution in [3.63, 3.8) is 0 Å². The lowest BCUT2D eigenvalue weighted by Crippen LogP contribution is -2.20. The maximum absolute atomic E-state index is 6.47. The average molecular weight is 647 g/mol. The third-order valence-corrected chi connectivity index (χ3v) is 9.36. The number of rotatable bonds is 10. The minimum Gasteiger partial charge on any atom is -0.457 e. The third kappa shape index (κ3) is 7.49. The lowest BCUT2D eigenvalue weighted by molar-refractivity contribution is 0.471. The second-order valence-electron chi connectivity index (χ2n) is 13.9. The highest BCUT2D eigenvalue weighted by Crippen LogP contribution is 2.41. The van der Waals surface area contributed by atoms with Crippen molar-refractivity contribution in [3.8, 4) is 45.3 Å². The topological polar surface area (TPSA) is 70.5 Å². The molecule has 4 N–H and O–H groups in total. The maximum Gasteiger partial charge on any atom is 0.130 e. The van der Waals surface area contributed by atoms with E-state index in [9.17, 15) is 0 Å². The van der Waals surface area contributed by atoms with E-state index in [1.807, 2.05) is 72.8 Å². The Labute approximate surface area is 291 Å². The van der Waals surface area contributed by atoms with Crippen molar-refractivity contribution in [1.29, 1.82) is 0 Å². The number of nitrogens with two attached hydrogens (primary N) is 2. The van der Waals surface area contributed by atoms with Gasteiger partial charge in [0.2, 0.25) is 0 Å². The molecule has 0 aliphatic carbocycles. The molecule has 0 aliphatic heterocycles. The first kappa shape index (κ1) is 33.4. The van der Waals surface area contributed by atoms with E-state index in [1.165, 1.54) is 22.3 Å². The molecule has 0 fully saturated rings. The SMILES string of the molecule is CC(C)c1cc(C(C)(C)c2ccc(Oc3ccc(-c4ccc(N)cc4)cc3)c(C(C)C)c2)ccc1Oc1ccc(-c2ccc(N)cc2)cc1. The quantitative estimate of drug-likeness (QED) is 0.145. The highest BCUT2D eigenvalue weighted by molar-refractivity contribution is 5.67. The Morgan fingerprint density at radius 2 is 0.735 bits per heavy atom. The smallest absolute Gasteiger partial charge is 0.130 e. The number of hydrogen-bond donors (Lipinski definition) is 2. The Hall–Kier alpha value is -5.48. The van der Waals surface area contributed by atoms with E-state index in [2.05, 4.69) is 102 Å². The molecule has 49 heavy (non-hydrogen) atoms. The normalized spacial score (nSPS) is 11.6. The zero-order valence-corrected chi connectivity index (χ0v) is 29.3. The zero-order chi connectivity index (χ0) is 34.7. The second-order valence-corrected chi connectivity index (χ2v) is 13.9. The molecular weight excluding hydrogens is 601 g/mol. The molecule has 0 aliphatic rings. The largest absolute Gasteiger partial charge is 0.457 e. The molecular formula is C45H46N2O2. The minimum absolute atomic E-state index is 0.244. The van der Waals surface area contributed by atoms with Crippen molar-refractivity contribution in [1.82, 2.24) is 0 Å². The molecule has 248 valence electrons. The zero-order valence-electron chi connectivity index (χ0n) is 29.3. The van der Waals surface area contributed by atoms with Crippen LogP contribution in [0.25, 0.3) is 22.3 Å². The van der Waals surface area contributed by atoms with Gasteiger partial charge in [0.1, 0.15) is 23.0 Å². The molecule has 0 saturated carbocycles. The Balaban J connectivity index is 1.22. The molecule has 6 aromatic rings. The van der Waals surface area contributed by atoms with Crippen molar-refractivity contribution >= 4 is 11.4 Å². The number of benzene rings is 6. The van der Waals surface area contributed by atoms with Crippen LogP contribution < -0.4 is 20.9 Å². The summed E-state index contributed by atoms with van der Waals surface area (Å²) in [5.74, 6) is 3.95. The third-order valence-electron chi connectivity index (χ3n) is 9.36. The van der Waals surface area contributed by atoms with Gasteiger partial charge in [0.05, 0.1) is 0 Å². The summed E-state index contributed by atoms with van der Waals surface area (Å²) in [6, 6.07) is 45.6. The summed E-state index contributed by atoms with van der Waals surface area (Å²) >= 11 is 0. The second kappa shape index (κ2) is 13.9. The monoisotopic (exact) mass is 646 g/mol. The summed E-state index contributed by atoms with van der Waals surface area (Å²) < 4.78 is 12.9. The molecule has 0 radical (unpaired) electrons. The van der Waals surface area contributed by atoms with Gasteiger partial charge in [0.15, 0.2) is 0 Å². The van der Waals surface area contributed by atoms with Crippen LogP contribution in [0.4, 0.5) is 11.4 Å². The fraction of sp³-hybridized carbons (Fsp3) is 0.200. The first-order chi connectivity index (χ1) is 23.5. The Morgan fingerprint density at radius 3 is 1.04 bits per heavy atom. The average Bonchev–Trinajstić information content (AvgIpc) is 3.10. The van der Waals surface area contributed by atoms with Crippen molar-refractivity contribution in [2.45, 2.75) is 58.8 Å². The summed E-state index contributed by atoms with van der Waals surface area (Å²) in [6.07, 6.45) is 0. The van der Waals surface area contributed by atoms with Crippen LogP contribution >= 0.6 is 0 Å². The fourth-order valence-electron chi connectivity index (χ4n) is 6.17. The van der Waals surface area contributed by atoms with E-state index in [-0.39, 0.29) is 17.3 Å². The lowest BCUT2D eigenvalue weighted by atomic mass is 9.76. The highest BCUT2D eigenvalue weighted by Gasteiger charge is 2.27. The predicted molar refractivity (Wildman–Crippen MR) is 206 cm³/mol. The maximum atomic E-state index is 6.47. The summed E-state index contributed by atoms with van der Waals surface area (Å²) in [5.41, 5.74) is 22.3. The van der Waals surface area contributed by atoms with Gasteiger partial charge >= 0.3 is 0 Å².